The Morgan fingerprint density at radius 3 is 2.92 bits per heavy atom. The fourth-order valence-corrected chi connectivity index (χ4v) is 3.76. The molecule has 0 atom stereocenters. The molecule has 0 radical (unpaired) electrons. The first-order valence-electron chi connectivity index (χ1n) is 8.46. The zero-order valence-electron chi connectivity index (χ0n) is 15.2. The maximum absolute atomic E-state index is 13.8. The molecule has 1 aromatic carbocycles. The maximum atomic E-state index is 13.8. The van der Waals surface area contributed by atoms with E-state index in [1.54, 1.807) is 18.4 Å². The number of aryl methyl sites for hydroxylation is 2. The Balaban J connectivity index is 1.55. The quantitative estimate of drug-likeness (QED) is 0.619. The lowest BCUT2D eigenvalue weighted by atomic mass is 10.1. The van der Waals surface area contributed by atoms with Crippen molar-refractivity contribution < 1.29 is 13.9 Å². The standard InChI is InChI=1S/C18H23FN4O2S/c1-11-16(26-12(2)23-11)8-22-18(20-3)21-5-4-13-6-15(19)7-14-9-24-10-25-17(13)14/h6-7H,4-5,8-10H2,1-3H3,(H2,20,21,22). The molecule has 0 fully saturated rings. The summed E-state index contributed by atoms with van der Waals surface area (Å²) in [6.45, 7) is 5.88. The van der Waals surface area contributed by atoms with Gasteiger partial charge in [0.15, 0.2) is 12.8 Å². The minimum atomic E-state index is -0.272. The summed E-state index contributed by atoms with van der Waals surface area (Å²) in [6, 6.07) is 2.98. The van der Waals surface area contributed by atoms with E-state index in [1.165, 1.54) is 17.0 Å². The minimum Gasteiger partial charge on any atom is -0.467 e. The van der Waals surface area contributed by atoms with Crippen molar-refractivity contribution in [2.24, 2.45) is 4.99 Å². The van der Waals surface area contributed by atoms with Crippen LogP contribution in [0.4, 0.5) is 4.39 Å². The van der Waals surface area contributed by atoms with Gasteiger partial charge in [-0.15, -0.1) is 11.3 Å². The summed E-state index contributed by atoms with van der Waals surface area (Å²) in [4.78, 5) is 9.85. The molecule has 0 saturated heterocycles. The van der Waals surface area contributed by atoms with Crippen LogP contribution in [-0.2, 0) is 24.3 Å². The van der Waals surface area contributed by atoms with Crippen LogP contribution in [0.2, 0.25) is 0 Å². The van der Waals surface area contributed by atoms with Gasteiger partial charge in [0, 0.05) is 24.0 Å². The first kappa shape index (κ1) is 18.6. The van der Waals surface area contributed by atoms with E-state index in [4.69, 9.17) is 9.47 Å². The third-order valence-corrected chi connectivity index (χ3v) is 5.15. The minimum absolute atomic E-state index is 0.204. The lowest BCUT2D eigenvalue weighted by molar-refractivity contribution is -0.0172. The molecule has 1 aliphatic heterocycles. The monoisotopic (exact) mass is 378 g/mol. The number of nitrogens with one attached hydrogen (secondary N) is 2. The summed E-state index contributed by atoms with van der Waals surface area (Å²) in [5.41, 5.74) is 2.63. The van der Waals surface area contributed by atoms with E-state index in [2.05, 4.69) is 20.6 Å². The summed E-state index contributed by atoms with van der Waals surface area (Å²) < 4.78 is 24.5. The number of thiazole rings is 1. The topological polar surface area (TPSA) is 67.8 Å². The molecule has 0 amide bonds. The van der Waals surface area contributed by atoms with E-state index >= 15 is 0 Å². The molecular formula is C18H23FN4O2S. The Morgan fingerprint density at radius 2 is 2.19 bits per heavy atom. The van der Waals surface area contributed by atoms with Gasteiger partial charge in [-0.3, -0.25) is 4.99 Å². The van der Waals surface area contributed by atoms with E-state index in [-0.39, 0.29) is 12.6 Å². The number of fused-ring (bicyclic) bond motifs is 1. The first-order valence-corrected chi connectivity index (χ1v) is 9.27. The van der Waals surface area contributed by atoms with E-state index < -0.39 is 0 Å². The fourth-order valence-electron chi connectivity index (χ4n) is 2.88. The Bertz CT molecular complexity index is 807. The number of aliphatic imine (C=N–C) groups is 1. The van der Waals surface area contributed by atoms with Crippen LogP contribution in [0, 0.1) is 19.7 Å². The van der Waals surface area contributed by atoms with Crippen LogP contribution in [0.15, 0.2) is 17.1 Å². The van der Waals surface area contributed by atoms with Gasteiger partial charge in [0.2, 0.25) is 0 Å². The predicted octanol–water partition coefficient (Wildman–Crippen LogP) is 2.67. The van der Waals surface area contributed by atoms with Gasteiger partial charge in [-0.05, 0) is 38.0 Å². The van der Waals surface area contributed by atoms with Crippen molar-refractivity contribution in [1.29, 1.82) is 0 Å². The summed E-state index contributed by atoms with van der Waals surface area (Å²) >= 11 is 1.68. The summed E-state index contributed by atoms with van der Waals surface area (Å²) in [7, 11) is 1.73. The van der Waals surface area contributed by atoms with Crippen LogP contribution in [-0.4, -0.2) is 31.3 Å². The van der Waals surface area contributed by atoms with Crippen LogP contribution in [0.3, 0.4) is 0 Å². The molecule has 2 heterocycles. The van der Waals surface area contributed by atoms with Crippen molar-refractivity contribution >= 4 is 17.3 Å². The molecule has 3 rings (SSSR count). The second kappa shape index (κ2) is 8.46. The number of ether oxygens (including phenoxy) is 2. The SMILES string of the molecule is CN=C(NCCc1cc(F)cc2c1OCOC2)NCc1sc(C)nc1C. The highest BCUT2D eigenvalue weighted by molar-refractivity contribution is 7.11. The number of aromatic nitrogens is 1. The molecule has 26 heavy (non-hydrogen) atoms. The van der Waals surface area contributed by atoms with Crippen LogP contribution in [0.5, 0.6) is 5.75 Å². The molecule has 0 spiro atoms. The van der Waals surface area contributed by atoms with Crippen molar-refractivity contribution in [1.82, 2.24) is 15.6 Å². The van der Waals surface area contributed by atoms with E-state index in [1.807, 2.05) is 13.8 Å². The number of nitrogens with zero attached hydrogens (tertiary/aromatic N) is 2. The molecular weight excluding hydrogens is 355 g/mol. The lowest BCUT2D eigenvalue weighted by Crippen LogP contribution is -2.37. The van der Waals surface area contributed by atoms with Gasteiger partial charge >= 0.3 is 0 Å². The van der Waals surface area contributed by atoms with Crippen LogP contribution < -0.4 is 15.4 Å². The van der Waals surface area contributed by atoms with Gasteiger partial charge in [-0.25, -0.2) is 9.37 Å². The fraction of sp³-hybridized carbons (Fsp3) is 0.444. The van der Waals surface area contributed by atoms with Gasteiger partial charge < -0.3 is 20.1 Å². The Hall–Kier alpha value is -2.19. The second-order valence-electron chi connectivity index (χ2n) is 6.01. The molecule has 8 heteroatoms. The molecule has 0 bridgehead atoms. The van der Waals surface area contributed by atoms with E-state index in [0.29, 0.717) is 32.1 Å². The Morgan fingerprint density at radius 1 is 1.35 bits per heavy atom. The molecule has 140 valence electrons. The van der Waals surface area contributed by atoms with Gasteiger partial charge in [-0.2, -0.15) is 0 Å². The summed E-state index contributed by atoms with van der Waals surface area (Å²) in [5, 5.41) is 7.60. The Labute approximate surface area is 156 Å². The smallest absolute Gasteiger partial charge is 0.191 e. The van der Waals surface area contributed by atoms with Crippen molar-refractivity contribution in [2.45, 2.75) is 33.4 Å². The molecule has 2 aromatic rings. The lowest BCUT2D eigenvalue weighted by Gasteiger charge is -2.21. The average molecular weight is 378 g/mol. The van der Waals surface area contributed by atoms with Crippen LogP contribution >= 0.6 is 11.3 Å². The average Bonchev–Trinajstić information content (AvgIpc) is 2.95. The molecule has 1 aromatic heterocycles. The van der Waals surface area contributed by atoms with Crippen molar-refractivity contribution in [3.8, 4) is 5.75 Å². The highest BCUT2D eigenvalue weighted by atomic mass is 32.1. The molecule has 0 saturated carbocycles. The summed E-state index contributed by atoms with van der Waals surface area (Å²) in [5.74, 6) is 1.16. The molecule has 1 aliphatic rings. The van der Waals surface area contributed by atoms with E-state index in [0.717, 1.165) is 27.6 Å². The van der Waals surface area contributed by atoms with Gasteiger partial charge in [0.1, 0.15) is 11.6 Å². The third kappa shape index (κ3) is 4.50. The van der Waals surface area contributed by atoms with Crippen LogP contribution in [0.1, 0.15) is 26.7 Å². The van der Waals surface area contributed by atoms with Crippen molar-refractivity contribution in [3.05, 3.63) is 44.7 Å². The summed E-state index contributed by atoms with van der Waals surface area (Å²) in [6.07, 6.45) is 0.624. The molecule has 0 aliphatic carbocycles. The van der Waals surface area contributed by atoms with Gasteiger partial charge in [0.25, 0.3) is 0 Å². The molecule has 0 unspecified atom stereocenters. The highest BCUT2D eigenvalue weighted by Gasteiger charge is 2.16. The maximum Gasteiger partial charge on any atom is 0.191 e. The zero-order chi connectivity index (χ0) is 18.5. The van der Waals surface area contributed by atoms with Crippen molar-refractivity contribution in [3.63, 3.8) is 0 Å². The number of hydrogen-bond donors (Lipinski definition) is 2. The normalized spacial score (nSPS) is 13.9. The largest absolute Gasteiger partial charge is 0.467 e. The Kier molecular flexibility index (Phi) is 6.05. The predicted molar refractivity (Wildman–Crippen MR) is 100 cm³/mol. The van der Waals surface area contributed by atoms with Crippen LogP contribution in [0.25, 0.3) is 0 Å². The van der Waals surface area contributed by atoms with Gasteiger partial charge in [-0.1, -0.05) is 0 Å². The third-order valence-electron chi connectivity index (χ3n) is 4.08. The number of guanidine groups is 1. The second-order valence-corrected chi connectivity index (χ2v) is 7.30. The highest BCUT2D eigenvalue weighted by Crippen LogP contribution is 2.29. The van der Waals surface area contributed by atoms with Gasteiger partial charge in [0.05, 0.1) is 23.9 Å². The van der Waals surface area contributed by atoms with Crippen molar-refractivity contribution in [2.75, 3.05) is 20.4 Å². The number of benzene rings is 1. The van der Waals surface area contributed by atoms with E-state index in [9.17, 15) is 4.39 Å². The first-order chi connectivity index (χ1) is 12.6. The zero-order valence-corrected chi connectivity index (χ0v) is 16.0. The molecule has 6 nitrogen and oxygen atoms in total. The number of rotatable bonds is 5. The number of hydrogen-bond acceptors (Lipinski definition) is 5. The number of halogens is 1. The molecule has 2 N–H and O–H groups in total.